The van der Waals surface area contributed by atoms with Crippen LogP contribution in [0.25, 0.3) is 22.2 Å². The van der Waals surface area contributed by atoms with Crippen molar-refractivity contribution in [3.05, 3.63) is 54.6 Å². The van der Waals surface area contributed by atoms with Gasteiger partial charge in [0.15, 0.2) is 0 Å². The lowest BCUT2D eigenvalue weighted by Gasteiger charge is -2.27. The third kappa shape index (κ3) is 5.68. The van der Waals surface area contributed by atoms with Crippen LogP contribution in [-0.4, -0.2) is 78.4 Å². The number of morpholine rings is 1. The number of nitrogens with zero attached hydrogens (tertiary/aromatic N) is 6. The van der Waals surface area contributed by atoms with Gasteiger partial charge in [0, 0.05) is 36.8 Å². The number of hydrogen-bond acceptors (Lipinski definition) is 10. The highest BCUT2D eigenvalue weighted by molar-refractivity contribution is 5.97. The van der Waals surface area contributed by atoms with E-state index < -0.39 is 5.82 Å². The molecule has 4 heterocycles. The summed E-state index contributed by atoms with van der Waals surface area (Å²) in [5, 5.41) is 3.73. The van der Waals surface area contributed by atoms with Gasteiger partial charge in [0.2, 0.25) is 5.95 Å². The number of likely N-dealkylation sites (N-methyl/N-ethyl adjacent to an activating group) is 1. The summed E-state index contributed by atoms with van der Waals surface area (Å²) in [5.74, 6) is 1.51. The van der Waals surface area contributed by atoms with Crippen molar-refractivity contribution >= 4 is 34.2 Å². The first kappa shape index (κ1) is 24.6. The smallest absolute Gasteiger partial charge is 0.229 e. The fourth-order valence-corrected chi connectivity index (χ4v) is 4.02. The zero-order valence-electron chi connectivity index (χ0n) is 20.8. The zero-order chi connectivity index (χ0) is 25.8. The molecule has 11 heteroatoms. The number of pyridine rings is 2. The summed E-state index contributed by atoms with van der Waals surface area (Å²) in [6.45, 7) is 4.20. The second-order valence-electron chi connectivity index (χ2n) is 8.91. The molecule has 10 nitrogen and oxygen atoms in total. The molecule has 0 atom stereocenters. The molecule has 0 bridgehead atoms. The number of rotatable bonds is 8. The van der Waals surface area contributed by atoms with Gasteiger partial charge in [-0.05, 0) is 50.5 Å². The highest BCUT2D eigenvalue weighted by Gasteiger charge is 2.17. The summed E-state index contributed by atoms with van der Waals surface area (Å²) >= 11 is 0. The maximum atomic E-state index is 15.0. The Balaban J connectivity index is 1.44. The minimum Gasteiger partial charge on any atom is -0.492 e. The first-order chi connectivity index (χ1) is 18.0. The van der Waals surface area contributed by atoms with Crippen LogP contribution in [0.5, 0.6) is 5.75 Å². The van der Waals surface area contributed by atoms with E-state index in [4.69, 9.17) is 15.2 Å². The van der Waals surface area contributed by atoms with Crippen molar-refractivity contribution in [2.45, 2.75) is 0 Å². The highest BCUT2D eigenvalue weighted by atomic mass is 19.1. The molecule has 0 radical (unpaired) electrons. The lowest BCUT2D eigenvalue weighted by Crippen LogP contribution is -2.36. The Bertz CT molecular complexity index is 1380. The second kappa shape index (κ2) is 10.9. The van der Waals surface area contributed by atoms with E-state index in [9.17, 15) is 4.39 Å². The van der Waals surface area contributed by atoms with Crippen LogP contribution in [0, 0.1) is 5.82 Å². The van der Waals surface area contributed by atoms with E-state index >= 15 is 0 Å². The number of fused-ring (bicyclic) bond motifs is 1. The minimum absolute atomic E-state index is 0.257. The number of nitrogen functional groups attached to an aromatic ring is 1. The fraction of sp³-hybridized carbons (Fsp3) is 0.308. The van der Waals surface area contributed by atoms with Gasteiger partial charge in [0.05, 0.1) is 30.8 Å². The van der Waals surface area contributed by atoms with Crippen LogP contribution in [-0.2, 0) is 4.74 Å². The van der Waals surface area contributed by atoms with Crippen molar-refractivity contribution in [3.8, 4) is 17.0 Å². The van der Waals surface area contributed by atoms with E-state index in [1.807, 2.05) is 31.1 Å². The predicted octanol–water partition coefficient (Wildman–Crippen LogP) is 3.33. The van der Waals surface area contributed by atoms with Gasteiger partial charge in [-0.25, -0.2) is 14.4 Å². The van der Waals surface area contributed by atoms with Crippen LogP contribution in [0.2, 0.25) is 0 Å². The lowest BCUT2D eigenvalue weighted by molar-refractivity contribution is 0.122. The summed E-state index contributed by atoms with van der Waals surface area (Å²) in [5.41, 5.74) is 8.02. The van der Waals surface area contributed by atoms with Crippen LogP contribution in [0.4, 0.5) is 27.7 Å². The molecule has 4 aromatic rings. The second-order valence-corrected chi connectivity index (χ2v) is 8.91. The minimum atomic E-state index is -0.436. The summed E-state index contributed by atoms with van der Waals surface area (Å²) in [7, 11) is 3.92. The molecule has 0 amide bonds. The van der Waals surface area contributed by atoms with Crippen LogP contribution >= 0.6 is 0 Å². The van der Waals surface area contributed by atoms with Gasteiger partial charge < -0.3 is 30.3 Å². The zero-order valence-corrected chi connectivity index (χ0v) is 20.8. The Kier molecular flexibility index (Phi) is 7.24. The number of anilines is 4. The Morgan fingerprint density at radius 1 is 1.11 bits per heavy atom. The van der Waals surface area contributed by atoms with Crippen molar-refractivity contribution in [2.75, 3.05) is 69.5 Å². The van der Waals surface area contributed by atoms with Gasteiger partial charge in [0.25, 0.3) is 0 Å². The number of nitrogens with two attached hydrogens (primary N) is 1. The van der Waals surface area contributed by atoms with E-state index in [1.54, 1.807) is 30.6 Å². The number of halogens is 1. The number of nitrogens with one attached hydrogen (secondary N) is 1. The number of benzene rings is 1. The molecular formula is C26H29FN8O2. The SMILES string of the molecule is CN(C)CCOc1ccc(F)c(-c2nccc3c(N)nc(Nc4ccc(N5CCOCC5)nc4)nc23)c1. The average Bonchev–Trinajstić information content (AvgIpc) is 2.90. The number of ether oxygens (including phenoxy) is 2. The van der Waals surface area contributed by atoms with Crippen LogP contribution in [0.1, 0.15) is 0 Å². The Hall–Kier alpha value is -4.09. The topological polar surface area (TPSA) is 115 Å². The molecule has 1 fully saturated rings. The first-order valence-electron chi connectivity index (χ1n) is 12.0. The van der Waals surface area contributed by atoms with Gasteiger partial charge >= 0.3 is 0 Å². The molecule has 5 rings (SSSR count). The third-order valence-electron chi connectivity index (χ3n) is 5.98. The van der Waals surface area contributed by atoms with Gasteiger partial charge in [0.1, 0.15) is 35.3 Å². The van der Waals surface area contributed by atoms with E-state index in [2.05, 4.69) is 30.2 Å². The monoisotopic (exact) mass is 504 g/mol. The van der Waals surface area contributed by atoms with Crippen molar-refractivity contribution in [3.63, 3.8) is 0 Å². The maximum Gasteiger partial charge on any atom is 0.229 e. The molecule has 0 saturated carbocycles. The van der Waals surface area contributed by atoms with Crippen molar-refractivity contribution < 1.29 is 13.9 Å². The molecule has 3 N–H and O–H groups in total. The lowest BCUT2D eigenvalue weighted by atomic mass is 10.1. The molecule has 37 heavy (non-hydrogen) atoms. The van der Waals surface area contributed by atoms with Gasteiger partial charge in [-0.3, -0.25) is 4.98 Å². The Morgan fingerprint density at radius 2 is 1.95 bits per heavy atom. The van der Waals surface area contributed by atoms with Gasteiger partial charge in [-0.2, -0.15) is 4.98 Å². The number of aromatic nitrogens is 4. The van der Waals surface area contributed by atoms with Crippen molar-refractivity contribution in [1.29, 1.82) is 0 Å². The summed E-state index contributed by atoms with van der Waals surface area (Å²) < 4.78 is 26.2. The largest absolute Gasteiger partial charge is 0.492 e. The van der Waals surface area contributed by atoms with E-state index in [0.717, 1.165) is 25.5 Å². The molecule has 1 aliphatic heterocycles. The van der Waals surface area contributed by atoms with Crippen molar-refractivity contribution in [1.82, 2.24) is 24.8 Å². The van der Waals surface area contributed by atoms with Crippen LogP contribution in [0.3, 0.4) is 0 Å². The molecule has 1 saturated heterocycles. The van der Waals surface area contributed by atoms with Crippen LogP contribution in [0.15, 0.2) is 48.8 Å². The predicted molar refractivity (Wildman–Crippen MR) is 142 cm³/mol. The van der Waals surface area contributed by atoms with Gasteiger partial charge in [-0.1, -0.05) is 0 Å². The highest BCUT2D eigenvalue weighted by Crippen LogP contribution is 2.32. The number of hydrogen-bond donors (Lipinski definition) is 2. The molecule has 1 aromatic carbocycles. The van der Waals surface area contributed by atoms with E-state index in [-0.39, 0.29) is 17.3 Å². The van der Waals surface area contributed by atoms with E-state index in [0.29, 0.717) is 47.9 Å². The van der Waals surface area contributed by atoms with Gasteiger partial charge in [-0.15, -0.1) is 0 Å². The first-order valence-corrected chi connectivity index (χ1v) is 12.0. The maximum absolute atomic E-state index is 15.0. The Morgan fingerprint density at radius 3 is 2.70 bits per heavy atom. The standard InChI is InChI=1S/C26H29FN8O2/c1-34(2)9-14-37-18-4-5-21(27)20(15-18)23-24-19(7-8-29-23)25(28)33-26(32-24)31-17-3-6-22(30-16-17)35-10-12-36-13-11-35/h3-8,15-16H,9-14H2,1-2H3,(H3,28,31,32,33). The van der Waals surface area contributed by atoms with Crippen LogP contribution < -0.4 is 20.7 Å². The molecule has 0 unspecified atom stereocenters. The molecule has 1 aliphatic rings. The summed E-state index contributed by atoms with van der Waals surface area (Å²) in [4.78, 5) is 22.2. The molecular weight excluding hydrogens is 475 g/mol. The Labute approximate surface area is 214 Å². The van der Waals surface area contributed by atoms with E-state index in [1.165, 1.54) is 6.07 Å². The van der Waals surface area contributed by atoms with Crippen molar-refractivity contribution in [2.24, 2.45) is 0 Å². The molecule has 0 aliphatic carbocycles. The summed E-state index contributed by atoms with van der Waals surface area (Å²) in [6, 6.07) is 10.1. The summed E-state index contributed by atoms with van der Waals surface area (Å²) in [6.07, 6.45) is 3.28. The normalized spacial score (nSPS) is 13.8. The molecule has 0 spiro atoms. The molecule has 192 valence electrons. The third-order valence-corrected chi connectivity index (χ3v) is 5.98. The quantitative estimate of drug-likeness (QED) is 0.370. The molecule has 3 aromatic heterocycles. The fourth-order valence-electron chi connectivity index (χ4n) is 4.02. The average molecular weight is 505 g/mol.